The fourth-order valence-electron chi connectivity index (χ4n) is 2.09. The van der Waals surface area contributed by atoms with Gasteiger partial charge < -0.3 is 15.3 Å². The number of nitrogens with one attached hydrogen (secondary N) is 1. The zero-order chi connectivity index (χ0) is 14.4. The van der Waals surface area contributed by atoms with Gasteiger partial charge in [0.1, 0.15) is 6.04 Å². The van der Waals surface area contributed by atoms with Crippen molar-refractivity contribution in [2.45, 2.75) is 45.6 Å². The van der Waals surface area contributed by atoms with Gasteiger partial charge in [0.25, 0.3) is 0 Å². The van der Waals surface area contributed by atoms with E-state index in [1.165, 1.54) is 4.90 Å². The number of carbonyl (C=O) groups is 3. The van der Waals surface area contributed by atoms with E-state index in [-0.39, 0.29) is 24.7 Å². The van der Waals surface area contributed by atoms with Gasteiger partial charge >= 0.3 is 5.97 Å². The number of aliphatic carboxylic acids is 1. The summed E-state index contributed by atoms with van der Waals surface area (Å²) in [6.07, 6.45) is 1.41. The van der Waals surface area contributed by atoms with Crippen LogP contribution >= 0.6 is 0 Å². The average molecular weight is 270 g/mol. The van der Waals surface area contributed by atoms with E-state index in [1.807, 2.05) is 13.8 Å². The van der Waals surface area contributed by atoms with Crippen molar-refractivity contribution >= 4 is 17.8 Å². The van der Waals surface area contributed by atoms with Crippen LogP contribution in [0.5, 0.6) is 0 Å². The number of hydrogen-bond donors (Lipinski definition) is 2. The normalized spacial score (nSPS) is 18.7. The van der Waals surface area contributed by atoms with Crippen molar-refractivity contribution in [2.75, 3.05) is 13.1 Å². The lowest BCUT2D eigenvalue weighted by Crippen LogP contribution is -2.40. The van der Waals surface area contributed by atoms with Crippen LogP contribution in [0.2, 0.25) is 0 Å². The van der Waals surface area contributed by atoms with Crippen LogP contribution in [0.25, 0.3) is 0 Å². The quantitative estimate of drug-likeness (QED) is 0.740. The van der Waals surface area contributed by atoms with Gasteiger partial charge in [-0.1, -0.05) is 13.8 Å². The van der Waals surface area contributed by atoms with E-state index in [0.717, 1.165) is 0 Å². The first-order valence-corrected chi connectivity index (χ1v) is 6.70. The number of nitrogens with zero attached hydrogens (tertiary/aromatic N) is 1. The lowest BCUT2D eigenvalue weighted by molar-refractivity contribution is -0.148. The molecule has 1 aliphatic rings. The maximum absolute atomic E-state index is 11.9. The van der Waals surface area contributed by atoms with Crippen LogP contribution in [-0.4, -0.2) is 46.9 Å². The highest BCUT2D eigenvalue weighted by molar-refractivity contribution is 5.87. The Labute approximate surface area is 113 Å². The average Bonchev–Trinajstić information content (AvgIpc) is 2.82. The van der Waals surface area contributed by atoms with Crippen LogP contribution in [0.4, 0.5) is 0 Å². The number of carboxylic acid groups (broad SMARTS) is 1. The summed E-state index contributed by atoms with van der Waals surface area (Å²) in [7, 11) is 0. The molecular weight excluding hydrogens is 248 g/mol. The number of hydrogen-bond acceptors (Lipinski definition) is 3. The Balaban J connectivity index is 2.34. The largest absolute Gasteiger partial charge is 0.480 e. The fourth-order valence-corrected chi connectivity index (χ4v) is 2.09. The molecule has 108 valence electrons. The summed E-state index contributed by atoms with van der Waals surface area (Å²) >= 11 is 0. The molecule has 1 atom stereocenters. The number of likely N-dealkylation sites (tertiary alicyclic amines) is 1. The summed E-state index contributed by atoms with van der Waals surface area (Å²) in [6.45, 7) is 5.05. The Kier molecular flexibility index (Phi) is 5.79. The molecule has 0 spiro atoms. The molecule has 1 aliphatic heterocycles. The van der Waals surface area contributed by atoms with Gasteiger partial charge in [-0.3, -0.25) is 9.59 Å². The minimum Gasteiger partial charge on any atom is -0.480 e. The molecule has 1 unspecified atom stereocenters. The SMILES string of the molecule is CC(C)CNC(=O)CCC(=O)N1CCCC1C(=O)O. The number of carboxylic acids is 1. The Hall–Kier alpha value is -1.59. The Morgan fingerprint density at radius 1 is 1.32 bits per heavy atom. The number of amides is 2. The first-order valence-electron chi connectivity index (χ1n) is 6.70. The standard InChI is InChI=1S/C13H22N2O4/c1-9(2)8-14-11(16)5-6-12(17)15-7-3-4-10(15)13(18)19/h9-10H,3-8H2,1-2H3,(H,14,16)(H,18,19). The maximum Gasteiger partial charge on any atom is 0.326 e. The number of rotatable bonds is 6. The van der Waals surface area contributed by atoms with Gasteiger partial charge in [0.2, 0.25) is 11.8 Å². The summed E-state index contributed by atoms with van der Waals surface area (Å²) < 4.78 is 0. The molecule has 1 rings (SSSR count). The minimum absolute atomic E-state index is 0.0771. The van der Waals surface area contributed by atoms with Crippen molar-refractivity contribution in [3.63, 3.8) is 0 Å². The third-order valence-electron chi connectivity index (χ3n) is 3.13. The Morgan fingerprint density at radius 2 is 2.00 bits per heavy atom. The molecule has 0 aromatic carbocycles. The zero-order valence-electron chi connectivity index (χ0n) is 11.5. The molecule has 0 aromatic heterocycles. The molecule has 0 bridgehead atoms. The molecule has 0 aliphatic carbocycles. The van der Waals surface area contributed by atoms with Crippen LogP contribution in [-0.2, 0) is 14.4 Å². The van der Waals surface area contributed by atoms with Gasteiger partial charge in [0.15, 0.2) is 0 Å². The summed E-state index contributed by atoms with van der Waals surface area (Å²) in [6, 6.07) is -0.716. The lowest BCUT2D eigenvalue weighted by atomic mass is 10.2. The third-order valence-corrected chi connectivity index (χ3v) is 3.13. The van der Waals surface area contributed by atoms with Crippen LogP contribution in [0.3, 0.4) is 0 Å². The Morgan fingerprint density at radius 3 is 2.58 bits per heavy atom. The van der Waals surface area contributed by atoms with Crippen molar-refractivity contribution < 1.29 is 19.5 Å². The lowest BCUT2D eigenvalue weighted by Gasteiger charge is -2.21. The van der Waals surface area contributed by atoms with Gasteiger partial charge in [0, 0.05) is 25.9 Å². The molecule has 2 N–H and O–H groups in total. The number of carbonyl (C=O) groups excluding carboxylic acids is 2. The highest BCUT2D eigenvalue weighted by Gasteiger charge is 2.33. The molecule has 1 heterocycles. The van der Waals surface area contributed by atoms with Crippen molar-refractivity contribution in [1.29, 1.82) is 0 Å². The van der Waals surface area contributed by atoms with E-state index < -0.39 is 12.0 Å². The van der Waals surface area contributed by atoms with Crippen molar-refractivity contribution in [2.24, 2.45) is 5.92 Å². The van der Waals surface area contributed by atoms with Gasteiger partial charge in [0.05, 0.1) is 0 Å². The van der Waals surface area contributed by atoms with Gasteiger partial charge in [-0.15, -0.1) is 0 Å². The summed E-state index contributed by atoms with van der Waals surface area (Å²) in [5.74, 6) is -0.998. The van der Waals surface area contributed by atoms with E-state index in [0.29, 0.717) is 31.8 Å². The van der Waals surface area contributed by atoms with E-state index in [4.69, 9.17) is 5.11 Å². The zero-order valence-corrected chi connectivity index (χ0v) is 11.5. The van der Waals surface area contributed by atoms with Crippen molar-refractivity contribution in [3.05, 3.63) is 0 Å². The van der Waals surface area contributed by atoms with E-state index in [2.05, 4.69) is 5.32 Å². The predicted octanol–water partition coefficient (Wildman–Crippen LogP) is 0.614. The first-order chi connectivity index (χ1) is 8.91. The molecule has 0 radical (unpaired) electrons. The molecule has 19 heavy (non-hydrogen) atoms. The molecule has 0 aromatic rings. The maximum atomic E-state index is 11.9. The second kappa shape index (κ2) is 7.11. The Bertz CT molecular complexity index is 355. The highest BCUT2D eigenvalue weighted by atomic mass is 16.4. The summed E-state index contributed by atoms with van der Waals surface area (Å²) in [5.41, 5.74) is 0. The summed E-state index contributed by atoms with van der Waals surface area (Å²) in [4.78, 5) is 35.7. The summed E-state index contributed by atoms with van der Waals surface area (Å²) in [5, 5.41) is 11.7. The smallest absolute Gasteiger partial charge is 0.326 e. The van der Waals surface area contributed by atoms with E-state index in [9.17, 15) is 14.4 Å². The van der Waals surface area contributed by atoms with Crippen LogP contribution < -0.4 is 5.32 Å². The molecule has 2 amide bonds. The molecule has 1 saturated heterocycles. The fraction of sp³-hybridized carbons (Fsp3) is 0.769. The van der Waals surface area contributed by atoms with Crippen molar-refractivity contribution in [1.82, 2.24) is 10.2 Å². The van der Waals surface area contributed by atoms with Crippen molar-refractivity contribution in [3.8, 4) is 0 Å². The minimum atomic E-state index is -0.963. The van der Waals surface area contributed by atoms with Gasteiger partial charge in [-0.25, -0.2) is 4.79 Å². The van der Waals surface area contributed by atoms with Gasteiger partial charge in [-0.2, -0.15) is 0 Å². The first kappa shape index (κ1) is 15.5. The third kappa shape index (κ3) is 4.89. The molecule has 0 saturated carbocycles. The van der Waals surface area contributed by atoms with Gasteiger partial charge in [-0.05, 0) is 18.8 Å². The monoisotopic (exact) mass is 270 g/mol. The topological polar surface area (TPSA) is 86.7 Å². The van der Waals surface area contributed by atoms with Crippen LogP contribution in [0, 0.1) is 5.92 Å². The van der Waals surface area contributed by atoms with Crippen LogP contribution in [0.15, 0.2) is 0 Å². The predicted molar refractivity (Wildman–Crippen MR) is 69.5 cm³/mol. The van der Waals surface area contributed by atoms with Crippen LogP contribution in [0.1, 0.15) is 39.5 Å². The molecular formula is C13H22N2O4. The highest BCUT2D eigenvalue weighted by Crippen LogP contribution is 2.18. The van der Waals surface area contributed by atoms with E-state index in [1.54, 1.807) is 0 Å². The second-order valence-electron chi connectivity index (χ2n) is 5.28. The van der Waals surface area contributed by atoms with E-state index >= 15 is 0 Å². The molecule has 6 nitrogen and oxygen atoms in total. The molecule has 6 heteroatoms. The second-order valence-corrected chi connectivity index (χ2v) is 5.28. The molecule has 1 fully saturated rings.